The molecule has 2 saturated heterocycles. The lowest BCUT2D eigenvalue weighted by Crippen LogP contribution is -2.66. The van der Waals surface area contributed by atoms with Crippen molar-refractivity contribution >= 4 is 214 Å². The highest BCUT2D eigenvalue weighted by atomic mass is 32.1. The molecule has 764 valence electrons. The zero-order valence-electron chi connectivity index (χ0n) is 82.2. The highest BCUT2D eigenvalue weighted by molar-refractivity contribution is 7.25. The van der Waals surface area contributed by atoms with Gasteiger partial charge in [0.25, 0.3) is 0 Å². The molecule has 0 unspecified atom stereocenters. The van der Waals surface area contributed by atoms with Crippen LogP contribution in [0, 0.1) is 0 Å². The molecule has 12 N–H and O–H groups in total. The van der Waals surface area contributed by atoms with E-state index >= 15 is 0 Å². The van der Waals surface area contributed by atoms with Crippen molar-refractivity contribution in [3.63, 3.8) is 0 Å². The molecule has 145 heavy (non-hydrogen) atoms. The number of unbranched alkanes of at least 4 members (excludes halogenated alkanes) is 2. The number of thiophene rings is 5. The second-order valence-electron chi connectivity index (χ2n) is 37.3. The Bertz CT molecular complexity index is 7040. The molecule has 7 aliphatic heterocycles. The molecule has 0 bridgehead atoms. The van der Waals surface area contributed by atoms with Gasteiger partial charge in [-0.05, 0) is 201 Å². The number of anilines is 4. The molecule has 22 heterocycles. The predicted molar refractivity (Wildman–Crippen MR) is 605 cm³/mol. The number of ether oxygens (including phenoxy) is 1. The maximum absolute atomic E-state index is 13.0. The van der Waals surface area contributed by atoms with E-state index < -0.39 is 0 Å². The van der Waals surface area contributed by atoms with Crippen molar-refractivity contribution in [2.75, 3.05) is 134 Å². The third kappa shape index (κ3) is 25.6. The first-order chi connectivity index (χ1) is 71.0. The number of amides is 4. The number of hydrogen-bond acceptors (Lipinski definition) is 36. The van der Waals surface area contributed by atoms with Crippen LogP contribution in [0.3, 0.4) is 0 Å². The molecule has 2 fully saturated rings. The SMILES string of the molecule is CC[C@@H](C)NCCC(=O)Nc1sc2c(c1-c1nc3cnccc3s1)CCNC2.CN(C)CCC(=O)Nc1sc2c(c1-c1nc3cnccc3s1)CCNC2.COCCCCCC(=O)Cc1sc2c(c1-c1nc3cnccc3s1)CCNC2.O=C(CCN1CCCC12CNC2)Nc1sc2c(c1-c1nc3cnccc3s1)CCNC2.O=C(CCNCCc1ccccc1)Nc1sc2c(c1-c1nc3cnccc3s1)CCNC2.[HH].[HH].[HH]. The lowest BCUT2D eigenvalue weighted by atomic mass is 9.89. The predicted octanol–water partition coefficient (Wildman–Crippen LogP) is 18.9. The molecule has 16 aromatic rings. The number of fused-ring (bicyclic) bond motifs is 10. The lowest BCUT2D eigenvalue weighted by Gasteiger charge is -2.46. The number of likely N-dealkylation sites (tertiary alicyclic amines) is 1. The van der Waals surface area contributed by atoms with E-state index in [2.05, 4.69) is 132 Å². The van der Waals surface area contributed by atoms with Gasteiger partial charge in [-0.3, -0.25) is 53.8 Å². The van der Waals surface area contributed by atoms with Crippen molar-refractivity contribution in [3.05, 3.63) is 185 Å². The molecular weight excluding hydrogens is 2010 g/mol. The number of Topliss-reactive ketones (excluding diaryl/α,β-unsaturated/α-hetero) is 1. The van der Waals surface area contributed by atoms with Crippen LogP contribution in [0.5, 0.6) is 0 Å². The molecule has 0 aliphatic carbocycles. The van der Waals surface area contributed by atoms with Crippen molar-refractivity contribution < 1.29 is 33.0 Å². The number of nitrogens with zero attached hydrogens (tertiary/aromatic N) is 12. The summed E-state index contributed by atoms with van der Waals surface area (Å²) in [5.74, 6) is 0.561. The van der Waals surface area contributed by atoms with Gasteiger partial charge in [0.05, 0.1) is 54.5 Å². The molecular formula is C105H128N24O6S10. The Hall–Kier alpha value is -9.97. The van der Waals surface area contributed by atoms with Gasteiger partial charge >= 0.3 is 0 Å². The fraction of sp³-hybridized carbons (Fsp3) is 0.419. The van der Waals surface area contributed by atoms with E-state index in [0.717, 1.165) is 294 Å². The lowest BCUT2D eigenvalue weighted by molar-refractivity contribution is -0.119. The Morgan fingerprint density at radius 3 is 1.22 bits per heavy atom. The van der Waals surface area contributed by atoms with Crippen molar-refractivity contribution in [1.82, 2.24) is 102 Å². The highest BCUT2D eigenvalue weighted by Crippen LogP contribution is 2.51. The summed E-state index contributed by atoms with van der Waals surface area (Å²) < 4.78 is 10.7. The van der Waals surface area contributed by atoms with Gasteiger partial charge in [-0.2, -0.15) is 0 Å². The van der Waals surface area contributed by atoms with Gasteiger partial charge < -0.3 is 73.4 Å². The van der Waals surface area contributed by atoms with Crippen LogP contribution in [0.15, 0.2) is 123 Å². The number of methoxy groups -OCH3 is 1. The first-order valence-electron chi connectivity index (χ1n) is 50.1. The van der Waals surface area contributed by atoms with Crippen LogP contribution in [0.1, 0.15) is 151 Å². The number of hydrogen-bond donors (Lipinski definition) is 12. The van der Waals surface area contributed by atoms with Gasteiger partial charge in [0.1, 0.15) is 78.4 Å². The minimum atomic E-state index is 0. The monoisotopic (exact) mass is 2140 g/mol. The Kier molecular flexibility index (Phi) is 35.6. The van der Waals surface area contributed by atoms with Crippen LogP contribution >= 0.6 is 113 Å². The third-order valence-electron chi connectivity index (χ3n) is 26.9. The molecule has 40 heteroatoms. The number of thiazole rings is 5. The molecule has 0 radical (unpaired) electrons. The Morgan fingerprint density at radius 1 is 0.448 bits per heavy atom. The van der Waals surface area contributed by atoms with Gasteiger partial charge in [-0.25, -0.2) is 24.9 Å². The summed E-state index contributed by atoms with van der Waals surface area (Å²) in [5, 5.41) is 48.7. The van der Waals surface area contributed by atoms with E-state index in [-0.39, 0.29) is 27.9 Å². The Morgan fingerprint density at radius 2 is 0.834 bits per heavy atom. The number of carbonyl (C=O) groups excluding carboxylic acids is 5. The van der Waals surface area contributed by atoms with E-state index in [4.69, 9.17) is 29.7 Å². The Labute approximate surface area is 887 Å². The number of aromatic nitrogens is 10. The number of benzene rings is 1. The van der Waals surface area contributed by atoms with Crippen molar-refractivity contribution in [3.8, 4) is 52.9 Å². The second kappa shape index (κ2) is 49.9. The van der Waals surface area contributed by atoms with E-state index in [1.807, 2.05) is 80.2 Å². The van der Waals surface area contributed by atoms with Crippen LogP contribution in [0.4, 0.5) is 20.0 Å². The summed E-state index contributed by atoms with van der Waals surface area (Å²) in [6.07, 6.45) is 33.5. The van der Waals surface area contributed by atoms with Crippen molar-refractivity contribution in [2.45, 2.75) is 174 Å². The number of ketones is 1. The maximum Gasteiger partial charge on any atom is 0.226 e. The minimum absolute atomic E-state index is 0. The largest absolute Gasteiger partial charge is 0.385 e. The van der Waals surface area contributed by atoms with E-state index in [9.17, 15) is 24.0 Å². The average Bonchev–Trinajstić information content (AvgIpc) is 1.62. The van der Waals surface area contributed by atoms with Crippen molar-refractivity contribution in [2.24, 2.45) is 0 Å². The normalized spacial score (nSPS) is 15.2. The van der Waals surface area contributed by atoms with Gasteiger partial charge in [-0.15, -0.1) is 113 Å². The van der Waals surface area contributed by atoms with Crippen LogP contribution in [-0.2, 0) is 106 Å². The second-order valence-corrected chi connectivity index (χ2v) is 48.0. The Balaban J connectivity index is 0.000000132. The molecule has 23 rings (SSSR count). The molecule has 30 nitrogen and oxygen atoms in total. The first-order valence-corrected chi connectivity index (χ1v) is 58.3. The third-order valence-corrected chi connectivity index (χ3v) is 38.0. The standard InChI is InChI=1S/C24H25N5OS2.C22H26N6OS2.C21H25N3O2S2.C20H25N5OS2.C18H21N5OS2.3H2/c30-21(9-13-25-10-6-16-4-2-1-3-5-16)29-24-22(17-7-11-27-15-20(17)32-24)23-28-18-14-26-12-8-19(18)31-23;29-18(4-9-28-8-1-5-22(28)12-25-13-22)27-21-19(14-2-6-24-11-17(14)31-21)20-26-15-10-23-7-3-16(15)30-20;1-26-10-4-2-3-5-14(25)11-18-20(15-6-8-23-13-19(15)27-18)21-24-16-12-22-9-7-17(16)28-21;1-3-12(2)23-9-6-17(26)25-20-18(13-4-7-22-11-16(13)28-20)19-24-14-10-21-8-5-15(14)27-19;1-23(2)8-5-15(24)22-18-16(11-3-6-20-10-14(11)26-18)17-21-12-9-19-7-4-13(12)25-17;;;/h1-5,8,12,14,25,27H,6-7,9-11,13,15H2,(H,29,30);3,7,10,24-25H,1-2,4-6,8-9,11-13H2,(H,27,29);7,9,12,23H,2-6,8,10-11,13H2,1H3;5,8,10,12,22-23H,3-4,6-7,9,11H2,1-2H3,(H,25,26);4,7,9,20H,3,5-6,8,10H2,1-2H3,(H,22,24);3*1H/t;;;12-;;;;/m...1..../s1. The summed E-state index contributed by atoms with van der Waals surface area (Å²) in [5.41, 5.74) is 18.5. The first kappa shape index (κ1) is 104. The number of carbonyl (C=O) groups is 5. The molecule has 1 atom stereocenters. The molecule has 4 amide bonds. The van der Waals surface area contributed by atoms with Crippen LogP contribution in [-0.4, -0.2) is 214 Å². The summed E-state index contributed by atoms with van der Waals surface area (Å²) in [4.78, 5) is 121. The van der Waals surface area contributed by atoms with Gasteiger partial charge in [0, 0.05) is 228 Å². The number of pyridine rings is 5. The van der Waals surface area contributed by atoms with Crippen molar-refractivity contribution in [1.29, 1.82) is 0 Å². The fourth-order valence-electron chi connectivity index (χ4n) is 19.1. The molecule has 7 aliphatic rings. The molecule has 15 aromatic heterocycles. The highest BCUT2D eigenvalue weighted by Gasteiger charge is 2.46. The van der Waals surface area contributed by atoms with Crippen LogP contribution in [0.25, 0.3) is 104 Å². The van der Waals surface area contributed by atoms with E-state index in [0.29, 0.717) is 69.0 Å². The molecule has 1 aromatic carbocycles. The molecule has 0 saturated carbocycles. The van der Waals surface area contributed by atoms with Crippen LogP contribution < -0.4 is 63.8 Å². The number of rotatable bonds is 34. The van der Waals surface area contributed by atoms with Gasteiger partial charge in [0.15, 0.2) is 0 Å². The topological polar surface area (TPSA) is 374 Å². The average molecular weight is 2140 g/mol. The summed E-state index contributed by atoms with van der Waals surface area (Å²) in [6.45, 7) is 21.2. The summed E-state index contributed by atoms with van der Waals surface area (Å²) in [7, 11) is 5.67. The summed E-state index contributed by atoms with van der Waals surface area (Å²) in [6, 6.07) is 20.8. The maximum atomic E-state index is 13.0. The van der Waals surface area contributed by atoms with E-state index in [1.165, 1.54) is 81.0 Å². The minimum Gasteiger partial charge on any atom is -0.385 e. The zero-order valence-corrected chi connectivity index (χ0v) is 90.4. The van der Waals surface area contributed by atoms with Crippen LogP contribution in [0.2, 0.25) is 0 Å². The smallest absolute Gasteiger partial charge is 0.226 e. The summed E-state index contributed by atoms with van der Waals surface area (Å²) >= 11 is 16.9. The quantitative estimate of drug-likeness (QED) is 0.0167. The number of nitrogens with one attached hydrogen (secondary N) is 12. The zero-order chi connectivity index (χ0) is 99.5. The van der Waals surface area contributed by atoms with E-state index in [1.54, 1.807) is 158 Å². The molecule has 1 spiro atoms. The fourth-order valence-corrected chi connectivity index (χ4v) is 30.8. The van der Waals surface area contributed by atoms with Gasteiger partial charge in [-0.1, -0.05) is 43.7 Å². The van der Waals surface area contributed by atoms with Gasteiger partial charge in [0.2, 0.25) is 23.6 Å².